The highest BCUT2D eigenvalue weighted by Gasteiger charge is 2.04. The van der Waals surface area contributed by atoms with E-state index in [4.69, 9.17) is 9.84 Å². The molecule has 0 aromatic carbocycles. The van der Waals surface area contributed by atoms with Gasteiger partial charge in [-0.3, -0.25) is 4.79 Å². The molecule has 100 valence electrons. The molecule has 0 fully saturated rings. The van der Waals surface area contributed by atoms with Crippen LogP contribution < -0.4 is 0 Å². The van der Waals surface area contributed by atoms with E-state index in [1.165, 1.54) is 4.88 Å². The lowest BCUT2D eigenvalue weighted by Gasteiger charge is -2.14. The van der Waals surface area contributed by atoms with E-state index in [1.807, 2.05) is 25.1 Å². The maximum Gasteiger partial charge on any atom is 0.246 e. The topological polar surface area (TPSA) is 49.8 Å². The number of nitrogens with zero attached hydrogens (tertiary/aromatic N) is 1. The highest BCUT2D eigenvalue weighted by Crippen LogP contribution is 2.16. The number of aliphatic hydroxyl groups excluding tert-OH is 1. The van der Waals surface area contributed by atoms with Crippen molar-refractivity contribution in [1.29, 1.82) is 0 Å². The fourth-order valence-corrected chi connectivity index (χ4v) is 2.08. The zero-order valence-electron chi connectivity index (χ0n) is 10.8. The fourth-order valence-electron chi connectivity index (χ4n) is 1.30. The molecule has 0 bridgehead atoms. The smallest absolute Gasteiger partial charge is 0.246 e. The Morgan fingerprint density at radius 3 is 2.89 bits per heavy atom. The number of thiophene rings is 1. The molecule has 0 spiro atoms. The molecule has 1 rings (SSSR count). The Balaban J connectivity index is 2.33. The molecule has 0 aliphatic heterocycles. The minimum absolute atomic E-state index is 0.00922. The Labute approximate surface area is 111 Å². The second-order valence-electron chi connectivity index (χ2n) is 3.88. The summed E-state index contributed by atoms with van der Waals surface area (Å²) < 4.78 is 5.10. The first-order valence-corrected chi connectivity index (χ1v) is 6.63. The van der Waals surface area contributed by atoms with Gasteiger partial charge >= 0.3 is 0 Å². The predicted molar refractivity (Wildman–Crippen MR) is 73.6 cm³/mol. The number of rotatable bonds is 7. The van der Waals surface area contributed by atoms with Crippen molar-refractivity contribution < 1.29 is 14.6 Å². The number of aryl methyl sites for hydroxylation is 1. The van der Waals surface area contributed by atoms with Gasteiger partial charge in [0.15, 0.2) is 0 Å². The molecule has 1 aromatic heterocycles. The van der Waals surface area contributed by atoms with E-state index in [0.29, 0.717) is 19.8 Å². The third kappa shape index (κ3) is 5.44. The Morgan fingerprint density at radius 2 is 2.28 bits per heavy atom. The Kier molecular flexibility index (Phi) is 6.64. The molecule has 5 heteroatoms. The summed E-state index contributed by atoms with van der Waals surface area (Å²) in [6, 6.07) is 4.02. The predicted octanol–water partition coefficient (Wildman–Crippen LogP) is 1.54. The number of carbonyl (C=O) groups is 1. The molecule has 1 heterocycles. The van der Waals surface area contributed by atoms with E-state index in [0.717, 1.165) is 4.88 Å². The fraction of sp³-hybridized carbons (Fsp3) is 0.462. The second kappa shape index (κ2) is 8.02. The summed E-state index contributed by atoms with van der Waals surface area (Å²) in [6.07, 6.45) is 3.39. The standard InChI is InChI=1S/C13H19NO3S/c1-11-3-4-12(18-11)5-6-13(16)14(2)7-9-17-10-8-15/h3-6,15H,7-10H2,1-2H3/b6-5+. The van der Waals surface area contributed by atoms with Crippen molar-refractivity contribution >= 4 is 23.3 Å². The van der Waals surface area contributed by atoms with Crippen LogP contribution in [-0.4, -0.2) is 49.3 Å². The number of likely N-dealkylation sites (N-methyl/N-ethyl adjacent to an activating group) is 1. The van der Waals surface area contributed by atoms with Crippen LogP contribution in [-0.2, 0) is 9.53 Å². The van der Waals surface area contributed by atoms with Crippen LogP contribution in [0, 0.1) is 6.92 Å². The second-order valence-corrected chi connectivity index (χ2v) is 5.20. The molecule has 18 heavy (non-hydrogen) atoms. The van der Waals surface area contributed by atoms with Crippen molar-refractivity contribution in [3.8, 4) is 0 Å². The van der Waals surface area contributed by atoms with Crippen molar-refractivity contribution in [2.45, 2.75) is 6.92 Å². The SMILES string of the molecule is Cc1ccc(/C=C/C(=O)N(C)CCOCCO)s1. The first-order chi connectivity index (χ1) is 8.63. The summed E-state index contributed by atoms with van der Waals surface area (Å²) in [7, 11) is 1.73. The molecular formula is C13H19NO3S. The lowest BCUT2D eigenvalue weighted by atomic mass is 10.3. The maximum absolute atomic E-state index is 11.7. The monoisotopic (exact) mass is 269 g/mol. The Bertz CT molecular complexity index is 401. The van der Waals surface area contributed by atoms with Crippen LogP contribution in [0.15, 0.2) is 18.2 Å². The first-order valence-electron chi connectivity index (χ1n) is 5.81. The van der Waals surface area contributed by atoms with E-state index < -0.39 is 0 Å². The molecule has 0 saturated heterocycles. The number of ether oxygens (including phenoxy) is 1. The van der Waals surface area contributed by atoms with Gasteiger partial charge in [-0.25, -0.2) is 0 Å². The highest BCUT2D eigenvalue weighted by molar-refractivity contribution is 7.12. The molecule has 1 amide bonds. The Hall–Kier alpha value is -1.17. The van der Waals surface area contributed by atoms with Gasteiger partial charge in [0, 0.05) is 29.4 Å². The molecule has 0 saturated carbocycles. The summed E-state index contributed by atoms with van der Waals surface area (Å²) in [5.74, 6) is -0.0475. The van der Waals surface area contributed by atoms with Gasteiger partial charge in [-0.15, -0.1) is 11.3 Å². The van der Waals surface area contributed by atoms with Crippen molar-refractivity contribution in [3.05, 3.63) is 28.0 Å². The molecule has 4 nitrogen and oxygen atoms in total. The molecule has 1 N–H and O–H groups in total. The average molecular weight is 269 g/mol. The molecule has 1 aromatic rings. The van der Waals surface area contributed by atoms with Crippen molar-refractivity contribution in [2.75, 3.05) is 33.4 Å². The molecule has 0 aliphatic carbocycles. The summed E-state index contributed by atoms with van der Waals surface area (Å²) in [5.41, 5.74) is 0. The summed E-state index contributed by atoms with van der Waals surface area (Å²) in [4.78, 5) is 15.6. The number of hydrogen-bond donors (Lipinski definition) is 1. The maximum atomic E-state index is 11.7. The van der Waals surface area contributed by atoms with E-state index in [2.05, 4.69) is 0 Å². The van der Waals surface area contributed by atoms with Gasteiger partial charge in [-0.05, 0) is 25.1 Å². The third-order valence-electron chi connectivity index (χ3n) is 2.33. The molecular weight excluding hydrogens is 250 g/mol. The van der Waals surface area contributed by atoms with E-state index in [-0.39, 0.29) is 12.5 Å². The van der Waals surface area contributed by atoms with Crippen LogP contribution in [0.1, 0.15) is 9.75 Å². The summed E-state index contributed by atoms with van der Waals surface area (Å²) in [5, 5.41) is 8.54. The van der Waals surface area contributed by atoms with E-state index in [1.54, 1.807) is 29.4 Å². The normalized spacial score (nSPS) is 11.1. The summed E-state index contributed by atoms with van der Waals surface area (Å²) >= 11 is 1.66. The Morgan fingerprint density at radius 1 is 1.50 bits per heavy atom. The van der Waals surface area contributed by atoms with Crippen molar-refractivity contribution in [3.63, 3.8) is 0 Å². The number of hydrogen-bond acceptors (Lipinski definition) is 4. The molecule has 0 unspecified atom stereocenters. The van der Waals surface area contributed by atoms with Crippen molar-refractivity contribution in [2.24, 2.45) is 0 Å². The quantitative estimate of drug-likeness (QED) is 0.603. The van der Waals surface area contributed by atoms with Crippen LogP contribution in [0.4, 0.5) is 0 Å². The minimum atomic E-state index is -0.0475. The third-order valence-corrected chi connectivity index (χ3v) is 3.30. The number of aliphatic hydroxyl groups is 1. The molecule has 0 atom stereocenters. The minimum Gasteiger partial charge on any atom is -0.394 e. The van der Waals surface area contributed by atoms with Gasteiger partial charge < -0.3 is 14.7 Å². The van der Waals surface area contributed by atoms with Crippen LogP contribution in [0.25, 0.3) is 6.08 Å². The van der Waals surface area contributed by atoms with Gasteiger partial charge in [-0.1, -0.05) is 0 Å². The lowest BCUT2D eigenvalue weighted by Crippen LogP contribution is -2.28. The van der Waals surface area contributed by atoms with E-state index >= 15 is 0 Å². The van der Waals surface area contributed by atoms with Crippen LogP contribution in [0.3, 0.4) is 0 Å². The van der Waals surface area contributed by atoms with Crippen LogP contribution >= 0.6 is 11.3 Å². The number of amides is 1. The van der Waals surface area contributed by atoms with Gasteiger partial charge in [0.2, 0.25) is 5.91 Å². The van der Waals surface area contributed by atoms with Gasteiger partial charge in [0.05, 0.1) is 19.8 Å². The van der Waals surface area contributed by atoms with E-state index in [9.17, 15) is 4.79 Å². The largest absolute Gasteiger partial charge is 0.394 e. The zero-order valence-corrected chi connectivity index (χ0v) is 11.6. The zero-order chi connectivity index (χ0) is 13.4. The van der Waals surface area contributed by atoms with Gasteiger partial charge in [-0.2, -0.15) is 0 Å². The summed E-state index contributed by atoms with van der Waals surface area (Å²) in [6.45, 7) is 3.32. The van der Waals surface area contributed by atoms with Crippen LogP contribution in [0.2, 0.25) is 0 Å². The van der Waals surface area contributed by atoms with Gasteiger partial charge in [0.25, 0.3) is 0 Å². The first kappa shape index (κ1) is 14.9. The van der Waals surface area contributed by atoms with Crippen molar-refractivity contribution in [1.82, 2.24) is 4.90 Å². The highest BCUT2D eigenvalue weighted by atomic mass is 32.1. The molecule has 0 radical (unpaired) electrons. The lowest BCUT2D eigenvalue weighted by molar-refractivity contribution is -0.125. The molecule has 0 aliphatic rings. The average Bonchev–Trinajstić information content (AvgIpc) is 2.77. The van der Waals surface area contributed by atoms with Gasteiger partial charge in [0.1, 0.15) is 0 Å². The van der Waals surface area contributed by atoms with Crippen LogP contribution in [0.5, 0.6) is 0 Å². The number of carbonyl (C=O) groups excluding carboxylic acids is 1.